The van der Waals surface area contributed by atoms with E-state index in [1.165, 1.54) is 18.2 Å². The third kappa shape index (κ3) is 3.71. The third-order valence-electron chi connectivity index (χ3n) is 2.65. The number of benzene rings is 2. The summed E-state index contributed by atoms with van der Waals surface area (Å²) in [4.78, 5) is 11.3. The number of rotatable bonds is 3. The minimum Gasteiger partial charge on any atom is -0.406 e. The number of primary amides is 1. The minimum atomic E-state index is -4.78. The van der Waals surface area contributed by atoms with Crippen molar-refractivity contribution in [1.29, 1.82) is 0 Å². The van der Waals surface area contributed by atoms with Crippen molar-refractivity contribution in [3.05, 3.63) is 53.8 Å². The molecule has 0 unspecified atom stereocenters. The summed E-state index contributed by atoms with van der Waals surface area (Å²) in [5.74, 6) is -1.86. The first-order chi connectivity index (χ1) is 9.76. The molecule has 0 saturated heterocycles. The minimum absolute atomic E-state index is 0.0560. The molecule has 0 saturated carbocycles. The van der Waals surface area contributed by atoms with Crippen molar-refractivity contribution in [2.75, 3.05) is 0 Å². The topological polar surface area (TPSA) is 52.3 Å². The summed E-state index contributed by atoms with van der Waals surface area (Å²) in [7, 11) is 0. The van der Waals surface area contributed by atoms with Crippen LogP contribution in [0.1, 0.15) is 10.4 Å². The van der Waals surface area contributed by atoms with Gasteiger partial charge in [0.25, 0.3) is 0 Å². The van der Waals surface area contributed by atoms with E-state index in [-0.39, 0.29) is 5.56 Å². The number of halogens is 4. The van der Waals surface area contributed by atoms with E-state index in [1.54, 1.807) is 0 Å². The number of ether oxygens (including phenoxy) is 1. The summed E-state index contributed by atoms with van der Waals surface area (Å²) in [6, 6.07) is 8.25. The molecule has 2 aromatic carbocycles. The van der Waals surface area contributed by atoms with Crippen molar-refractivity contribution < 1.29 is 27.1 Å². The maximum atomic E-state index is 13.1. The molecule has 1 amide bonds. The first kappa shape index (κ1) is 14.8. The first-order valence-corrected chi connectivity index (χ1v) is 5.72. The lowest BCUT2D eigenvalue weighted by atomic mass is 9.99. The Morgan fingerprint density at radius 2 is 1.67 bits per heavy atom. The second-order valence-electron chi connectivity index (χ2n) is 4.13. The Labute approximate surface area is 116 Å². The maximum absolute atomic E-state index is 13.1. The lowest BCUT2D eigenvalue weighted by Gasteiger charge is -2.10. The van der Waals surface area contributed by atoms with Gasteiger partial charge in [0, 0.05) is 5.56 Å². The first-order valence-electron chi connectivity index (χ1n) is 5.72. The molecule has 110 valence electrons. The zero-order valence-electron chi connectivity index (χ0n) is 10.4. The molecule has 2 aromatic rings. The van der Waals surface area contributed by atoms with Crippen molar-refractivity contribution in [2.45, 2.75) is 6.36 Å². The van der Waals surface area contributed by atoms with Crippen LogP contribution in [0.5, 0.6) is 5.75 Å². The number of alkyl halides is 3. The fraction of sp³-hybridized carbons (Fsp3) is 0.0714. The SMILES string of the molecule is NC(=O)c1cc(F)ccc1-c1ccc(OC(F)(F)F)cc1. The molecule has 0 aliphatic rings. The Balaban J connectivity index is 2.37. The van der Waals surface area contributed by atoms with Crippen molar-refractivity contribution in [1.82, 2.24) is 0 Å². The monoisotopic (exact) mass is 299 g/mol. The van der Waals surface area contributed by atoms with Gasteiger partial charge in [-0.2, -0.15) is 0 Å². The van der Waals surface area contributed by atoms with Crippen LogP contribution in [-0.2, 0) is 0 Å². The number of hydrogen-bond acceptors (Lipinski definition) is 2. The lowest BCUT2D eigenvalue weighted by Crippen LogP contribution is -2.17. The van der Waals surface area contributed by atoms with Crippen molar-refractivity contribution in [3.63, 3.8) is 0 Å². The average molecular weight is 299 g/mol. The number of hydrogen-bond donors (Lipinski definition) is 1. The van der Waals surface area contributed by atoms with Gasteiger partial charge in [0.05, 0.1) is 0 Å². The molecule has 0 atom stereocenters. The highest BCUT2D eigenvalue weighted by Crippen LogP contribution is 2.28. The summed E-state index contributed by atoms with van der Waals surface area (Å²) >= 11 is 0. The van der Waals surface area contributed by atoms with E-state index < -0.39 is 23.8 Å². The molecule has 0 aromatic heterocycles. The fourth-order valence-electron chi connectivity index (χ4n) is 1.81. The molecule has 0 fully saturated rings. The van der Waals surface area contributed by atoms with Gasteiger partial charge in [-0.15, -0.1) is 13.2 Å². The Morgan fingerprint density at radius 3 is 2.19 bits per heavy atom. The van der Waals surface area contributed by atoms with E-state index in [2.05, 4.69) is 4.74 Å². The Morgan fingerprint density at radius 1 is 1.05 bits per heavy atom. The Hall–Kier alpha value is -2.57. The molecule has 0 aliphatic carbocycles. The van der Waals surface area contributed by atoms with Crippen LogP contribution in [0.25, 0.3) is 11.1 Å². The maximum Gasteiger partial charge on any atom is 0.573 e. The molecule has 0 aliphatic heterocycles. The standard InChI is InChI=1S/C14H9F4NO2/c15-9-3-6-11(12(7-9)13(19)20)8-1-4-10(5-2-8)21-14(16,17)18/h1-7H,(H2,19,20). The van der Waals surface area contributed by atoms with Crippen LogP contribution < -0.4 is 10.5 Å². The highest BCUT2D eigenvalue weighted by Gasteiger charge is 2.31. The fourth-order valence-corrected chi connectivity index (χ4v) is 1.81. The number of amides is 1. The molecule has 0 heterocycles. The molecule has 0 bridgehead atoms. The lowest BCUT2D eigenvalue weighted by molar-refractivity contribution is -0.274. The molecular formula is C14H9F4NO2. The van der Waals surface area contributed by atoms with Crippen LogP contribution in [0.15, 0.2) is 42.5 Å². The van der Waals surface area contributed by atoms with Gasteiger partial charge in [-0.05, 0) is 35.4 Å². The van der Waals surface area contributed by atoms with Crippen LogP contribution in [0, 0.1) is 5.82 Å². The smallest absolute Gasteiger partial charge is 0.406 e. The van der Waals surface area contributed by atoms with Gasteiger partial charge in [-0.3, -0.25) is 4.79 Å². The van der Waals surface area contributed by atoms with Gasteiger partial charge in [-0.25, -0.2) is 4.39 Å². The van der Waals surface area contributed by atoms with Crippen LogP contribution in [-0.4, -0.2) is 12.3 Å². The van der Waals surface area contributed by atoms with Crippen molar-refractivity contribution in [3.8, 4) is 16.9 Å². The Kier molecular flexibility index (Phi) is 3.84. The highest BCUT2D eigenvalue weighted by atomic mass is 19.4. The largest absolute Gasteiger partial charge is 0.573 e. The van der Waals surface area contributed by atoms with Gasteiger partial charge < -0.3 is 10.5 Å². The number of nitrogens with two attached hydrogens (primary N) is 1. The molecule has 3 nitrogen and oxygen atoms in total. The molecule has 2 N–H and O–H groups in total. The molecular weight excluding hydrogens is 290 g/mol. The van der Waals surface area contributed by atoms with Crippen LogP contribution in [0.4, 0.5) is 17.6 Å². The normalized spacial score (nSPS) is 11.2. The van der Waals surface area contributed by atoms with Gasteiger partial charge in [-0.1, -0.05) is 18.2 Å². The van der Waals surface area contributed by atoms with E-state index >= 15 is 0 Å². The van der Waals surface area contributed by atoms with Crippen LogP contribution in [0.3, 0.4) is 0 Å². The average Bonchev–Trinajstić information content (AvgIpc) is 2.38. The predicted octanol–water partition coefficient (Wildman–Crippen LogP) is 3.49. The summed E-state index contributed by atoms with van der Waals surface area (Å²) < 4.78 is 53.0. The molecule has 0 radical (unpaired) electrons. The van der Waals surface area contributed by atoms with Crippen LogP contribution >= 0.6 is 0 Å². The highest BCUT2D eigenvalue weighted by molar-refractivity contribution is 5.99. The molecule has 7 heteroatoms. The van der Waals surface area contributed by atoms with Gasteiger partial charge in [0.2, 0.25) is 5.91 Å². The summed E-state index contributed by atoms with van der Waals surface area (Å²) in [5.41, 5.74) is 5.84. The molecule has 2 rings (SSSR count). The number of carbonyl (C=O) groups excluding carboxylic acids is 1. The van der Waals surface area contributed by atoms with Gasteiger partial charge in [0.1, 0.15) is 11.6 Å². The van der Waals surface area contributed by atoms with Crippen molar-refractivity contribution >= 4 is 5.91 Å². The summed E-state index contributed by atoms with van der Waals surface area (Å²) in [6.07, 6.45) is -4.78. The van der Waals surface area contributed by atoms with Gasteiger partial charge >= 0.3 is 6.36 Å². The third-order valence-corrected chi connectivity index (χ3v) is 2.65. The Bertz CT molecular complexity index is 666. The zero-order valence-corrected chi connectivity index (χ0v) is 10.4. The van der Waals surface area contributed by atoms with Gasteiger partial charge in [0.15, 0.2) is 0 Å². The van der Waals surface area contributed by atoms with Crippen molar-refractivity contribution in [2.24, 2.45) is 5.73 Å². The predicted molar refractivity (Wildman–Crippen MR) is 67.0 cm³/mol. The zero-order chi connectivity index (χ0) is 15.6. The molecule has 21 heavy (non-hydrogen) atoms. The van der Waals surface area contributed by atoms with Crippen LogP contribution in [0.2, 0.25) is 0 Å². The second kappa shape index (κ2) is 5.43. The number of carbonyl (C=O) groups is 1. The second-order valence-corrected chi connectivity index (χ2v) is 4.13. The van der Waals surface area contributed by atoms with E-state index in [0.29, 0.717) is 11.1 Å². The molecule has 0 spiro atoms. The summed E-state index contributed by atoms with van der Waals surface area (Å²) in [6.45, 7) is 0. The van der Waals surface area contributed by atoms with E-state index in [4.69, 9.17) is 5.73 Å². The van der Waals surface area contributed by atoms with E-state index in [0.717, 1.165) is 24.3 Å². The summed E-state index contributed by atoms with van der Waals surface area (Å²) in [5, 5.41) is 0. The van der Waals surface area contributed by atoms with E-state index in [1.807, 2.05) is 0 Å². The van der Waals surface area contributed by atoms with E-state index in [9.17, 15) is 22.4 Å². The quantitative estimate of drug-likeness (QED) is 0.882.